The van der Waals surface area contributed by atoms with Gasteiger partial charge in [-0.15, -0.1) is 22.7 Å². The van der Waals surface area contributed by atoms with Crippen LogP contribution in [0.3, 0.4) is 0 Å². The Morgan fingerprint density at radius 1 is 1.07 bits per heavy atom. The second-order valence-electron chi connectivity index (χ2n) is 7.15. The molecule has 0 atom stereocenters. The molecule has 1 fully saturated rings. The molecule has 1 saturated heterocycles. The fraction of sp³-hybridized carbons (Fsp3) is 0.238. The first-order chi connectivity index (χ1) is 14.1. The summed E-state index contributed by atoms with van der Waals surface area (Å²) in [7, 11) is 0. The third-order valence-corrected chi connectivity index (χ3v) is 7.59. The molecule has 0 radical (unpaired) electrons. The molecule has 5 heterocycles. The molecule has 0 spiro atoms. The van der Waals surface area contributed by atoms with Crippen molar-refractivity contribution in [1.82, 2.24) is 19.8 Å². The molecule has 1 N–H and O–H groups in total. The van der Waals surface area contributed by atoms with Gasteiger partial charge in [-0.2, -0.15) is 0 Å². The Morgan fingerprint density at radius 2 is 1.93 bits per heavy atom. The van der Waals surface area contributed by atoms with Crippen LogP contribution in [0.5, 0.6) is 0 Å². The van der Waals surface area contributed by atoms with Crippen LogP contribution in [0.2, 0.25) is 4.34 Å². The van der Waals surface area contributed by atoms with Crippen molar-refractivity contribution < 1.29 is 4.79 Å². The average Bonchev–Trinajstić information content (AvgIpc) is 3.43. The van der Waals surface area contributed by atoms with Gasteiger partial charge in [-0.1, -0.05) is 11.6 Å². The Balaban J connectivity index is 1.20. The maximum absolute atomic E-state index is 12.7. The number of carbonyl (C=O) groups is 1. The van der Waals surface area contributed by atoms with Gasteiger partial charge in [0.25, 0.3) is 0 Å². The summed E-state index contributed by atoms with van der Waals surface area (Å²) in [5, 5.41) is 1.08. The van der Waals surface area contributed by atoms with Gasteiger partial charge in [0.05, 0.1) is 17.4 Å². The maximum Gasteiger partial charge on any atom is 0.237 e. The van der Waals surface area contributed by atoms with Gasteiger partial charge in [0.15, 0.2) is 0 Å². The van der Waals surface area contributed by atoms with E-state index in [1.165, 1.54) is 14.6 Å². The van der Waals surface area contributed by atoms with Gasteiger partial charge in [0.1, 0.15) is 0 Å². The molecule has 148 valence electrons. The van der Waals surface area contributed by atoms with E-state index in [9.17, 15) is 4.79 Å². The number of aromatic nitrogens is 2. The van der Waals surface area contributed by atoms with Gasteiger partial charge in [0, 0.05) is 63.3 Å². The maximum atomic E-state index is 12.7. The number of halogens is 1. The first-order valence-corrected chi connectivity index (χ1v) is 11.4. The molecular weight excluding hydrogens is 424 g/mol. The monoisotopic (exact) mass is 442 g/mol. The summed E-state index contributed by atoms with van der Waals surface area (Å²) in [6.07, 6.45) is 3.62. The normalized spacial score (nSPS) is 15.5. The highest BCUT2D eigenvalue weighted by molar-refractivity contribution is 7.24. The number of nitrogens with zero attached hydrogens (tertiary/aromatic N) is 3. The van der Waals surface area contributed by atoms with E-state index in [2.05, 4.69) is 39.1 Å². The summed E-state index contributed by atoms with van der Waals surface area (Å²) in [6, 6.07) is 12.3. The van der Waals surface area contributed by atoms with E-state index in [0.29, 0.717) is 13.1 Å². The summed E-state index contributed by atoms with van der Waals surface area (Å²) in [5.74, 6) is 0.176. The summed E-state index contributed by atoms with van der Waals surface area (Å²) >= 11 is 9.42. The molecule has 5 nitrogen and oxygen atoms in total. The molecular formula is C21H19ClN4OS2. The molecule has 0 aliphatic carbocycles. The molecule has 0 unspecified atom stereocenters. The van der Waals surface area contributed by atoms with Crippen LogP contribution in [0.4, 0.5) is 0 Å². The number of pyridine rings is 1. The number of thiophene rings is 2. The van der Waals surface area contributed by atoms with Crippen LogP contribution in [0, 0.1) is 0 Å². The van der Waals surface area contributed by atoms with E-state index in [1.807, 2.05) is 23.2 Å². The number of amides is 1. The van der Waals surface area contributed by atoms with E-state index in [0.717, 1.165) is 40.6 Å². The number of piperazine rings is 1. The fourth-order valence-corrected chi connectivity index (χ4v) is 5.83. The largest absolute Gasteiger partial charge is 0.357 e. The molecule has 0 aromatic carbocycles. The number of nitrogens with one attached hydrogen (secondary N) is 1. The zero-order chi connectivity index (χ0) is 19.8. The molecule has 1 aliphatic heterocycles. The molecule has 8 heteroatoms. The third-order valence-electron chi connectivity index (χ3n) is 5.09. The summed E-state index contributed by atoms with van der Waals surface area (Å²) in [6.45, 7) is 3.50. The fourth-order valence-electron chi connectivity index (χ4n) is 3.64. The summed E-state index contributed by atoms with van der Waals surface area (Å²) in [4.78, 5) is 28.1. The van der Waals surface area contributed by atoms with Gasteiger partial charge >= 0.3 is 0 Å². The topological polar surface area (TPSA) is 52.2 Å². The van der Waals surface area contributed by atoms with Crippen LogP contribution in [-0.4, -0.2) is 45.3 Å². The third kappa shape index (κ3) is 4.09. The SMILES string of the molecule is O=C1CN(Cc2ccc(-c3ccc(Cl)s3)s2)CCN1Cc1cc2cnccc2[nH]1. The Labute approximate surface area is 181 Å². The zero-order valence-corrected chi connectivity index (χ0v) is 18.0. The van der Waals surface area contributed by atoms with Gasteiger partial charge in [-0.3, -0.25) is 14.7 Å². The van der Waals surface area contributed by atoms with E-state index < -0.39 is 0 Å². The molecule has 29 heavy (non-hydrogen) atoms. The number of H-pyrrole nitrogens is 1. The van der Waals surface area contributed by atoms with Gasteiger partial charge in [0.2, 0.25) is 5.91 Å². The number of hydrogen-bond donors (Lipinski definition) is 1. The molecule has 1 aliphatic rings. The number of carbonyl (C=O) groups excluding carboxylic acids is 1. The van der Waals surface area contributed by atoms with Crippen molar-refractivity contribution in [2.24, 2.45) is 0 Å². The minimum atomic E-state index is 0.176. The van der Waals surface area contributed by atoms with Crippen LogP contribution in [-0.2, 0) is 17.9 Å². The molecule has 4 aromatic rings. The van der Waals surface area contributed by atoms with Crippen LogP contribution >= 0.6 is 34.3 Å². The minimum absolute atomic E-state index is 0.176. The van der Waals surface area contributed by atoms with Gasteiger partial charge in [-0.05, 0) is 36.4 Å². The lowest BCUT2D eigenvalue weighted by Gasteiger charge is -2.33. The lowest BCUT2D eigenvalue weighted by atomic mass is 10.2. The zero-order valence-electron chi connectivity index (χ0n) is 15.6. The van der Waals surface area contributed by atoms with Crippen molar-refractivity contribution in [1.29, 1.82) is 0 Å². The standard InChI is InChI=1S/C21H19ClN4OS2/c22-20-4-3-19(29-20)18-2-1-16(28-18)12-25-7-8-26(21(27)13-25)11-15-9-14-10-23-6-5-17(14)24-15/h1-6,9-10,24H,7-8,11-13H2. The Bertz CT molecular complexity index is 1130. The lowest BCUT2D eigenvalue weighted by Crippen LogP contribution is -2.49. The quantitative estimate of drug-likeness (QED) is 0.480. The Morgan fingerprint density at radius 3 is 2.72 bits per heavy atom. The van der Waals surface area contributed by atoms with Crippen molar-refractivity contribution in [3.05, 3.63) is 63.7 Å². The highest BCUT2D eigenvalue weighted by Crippen LogP contribution is 2.35. The highest BCUT2D eigenvalue weighted by atomic mass is 35.5. The second-order valence-corrected chi connectivity index (χ2v) is 10.0. The van der Waals surface area contributed by atoms with Crippen molar-refractivity contribution >= 4 is 51.1 Å². The molecule has 4 aromatic heterocycles. The summed E-state index contributed by atoms with van der Waals surface area (Å²) in [5.41, 5.74) is 2.11. The number of aromatic amines is 1. The van der Waals surface area contributed by atoms with Crippen LogP contribution in [0.25, 0.3) is 20.7 Å². The number of hydrogen-bond acceptors (Lipinski definition) is 5. The van der Waals surface area contributed by atoms with Crippen LogP contribution in [0.15, 0.2) is 48.8 Å². The molecule has 5 rings (SSSR count). The highest BCUT2D eigenvalue weighted by Gasteiger charge is 2.24. The Hall–Kier alpha value is -2.19. The van der Waals surface area contributed by atoms with E-state index in [-0.39, 0.29) is 5.91 Å². The minimum Gasteiger partial charge on any atom is -0.357 e. The Kier molecular flexibility index (Phi) is 5.13. The van der Waals surface area contributed by atoms with Crippen molar-refractivity contribution in [3.63, 3.8) is 0 Å². The van der Waals surface area contributed by atoms with E-state index in [4.69, 9.17) is 11.6 Å². The number of rotatable bonds is 5. The smallest absolute Gasteiger partial charge is 0.237 e. The number of fused-ring (bicyclic) bond motifs is 1. The van der Waals surface area contributed by atoms with Crippen LogP contribution in [0.1, 0.15) is 10.6 Å². The first-order valence-electron chi connectivity index (χ1n) is 9.40. The first kappa shape index (κ1) is 18.8. The predicted octanol–water partition coefficient (Wildman–Crippen LogP) is 4.85. The lowest BCUT2D eigenvalue weighted by molar-refractivity contribution is -0.136. The predicted molar refractivity (Wildman–Crippen MR) is 119 cm³/mol. The van der Waals surface area contributed by atoms with E-state index >= 15 is 0 Å². The average molecular weight is 443 g/mol. The van der Waals surface area contributed by atoms with Gasteiger partial charge in [-0.25, -0.2) is 0 Å². The molecule has 0 bridgehead atoms. The molecule has 0 saturated carbocycles. The van der Waals surface area contributed by atoms with Crippen molar-refractivity contribution in [2.75, 3.05) is 19.6 Å². The van der Waals surface area contributed by atoms with Crippen LogP contribution < -0.4 is 0 Å². The van der Waals surface area contributed by atoms with Gasteiger partial charge < -0.3 is 9.88 Å². The summed E-state index contributed by atoms with van der Waals surface area (Å²) < 4.78 is 0.808. The second kappa shape index (κ2) is 7.91. The van der Waals surface area contributed by atoms with Crippen molar-refractivity contribution in [3.8, 4) is 9.75 Å². The van der Waals surface area contributed by atoms with E-state index in [1.54, 1.807) is 28.9 Å². The molecule has 1 amide bonds. The van der Waals surface area contributed by atoms with Crippen molar-refractivity contribution in [2.45, 2.75) is 13.1 Å².